The molecule has 3 aliphatic rings. The average Bonchev–Trinajstić information content (AvgIpc) is 1.61. The van der Waals surface area contributed by atoms with E-state index < -0.39 is 66.0 Å². The number of anilines is 1. The summed E-state index contributed by atoms with van der Waals surface area (Å²) >= 11 is 0. The number of allylic oxidation sites excluding steroid dienone is 2. The molecule has 1 aromatic rings. The van der Waals surface area contributed by atoms with Gasteiger partial charge in [-0.1, -0.05) is 56.7 Å². The van der Waals surface area contributed by atoms with Crippen LogP contribution in [0.2, 0.25) is 0 Å². The largest absolute Gasteiger partial charge is 0.459 e. The highest BCUT2D eigenvalue weighted by Gasteiger charge is 2.58. The highest BCUT2D eigenvalue weighted by molar-refractivity contribution is 5.97. The molecule has 3 aliphatic heterocycles. The summed E-state index contributed by atoms with van der Waals surface area (Å²) in [4.78, 5) is 105. The first-order chi connectivity index (χ1) is 45.4. The molecule has 0 aromatic heterocycles. The van der Waals surface area contributed by atoms with Crippen LogP contribution in [0.3, 0.4) is 0 Å². The van der Waals surface area contributed by atoms with Gasteiger partial charge in [-0.2, -0.15) is 0 Å². The molecule has 0 aliphatic carbocycles. The minimum absolute atomic E-state index is 0.00180. The summed E-state index contributed by atoms with van der Waals surface area (Å²) in [5.41, 5.74) is 11.8. The second-order valence-corrected chi connectivity index (χ2v) is 24.6. The second-order valence-electron chi connectivity index (χ2n) is 24.6. The zero-order valence-corrected chi connectivity index (χ0v) is 57.2. The molecule has 0 radical (unpaired) electrons. The van der Waals surface area contributed by atoms with Crippen LogP contribution in [0.4, 0.5) is 15.3 Å². The van der Waals surface area contributed by atoms with E-state index in [0.29, 0.717) is 116 Å². The molecule has 3 heterocycles. The fourth-order valence-corrected chi connectivity index (χ4v) is 10.5. The number of hydrogen-bond acceptors (Lipinski definition) is 21. The molecule has 95 heavy (non-hydrogen) atoms. The summed E-state index contributed by atoms with van der Waals surface area (Å²) < 4.78 is 61.7. The highest BCUT2D eigenvalue weighted by Crippen LogP contribution is 2.43. The number of carbonyl (C=O) groups is 8. The van der Waals surface area contributed by atoms with Crippen molar-refractivity contribution in [1.29, 1.82) is 0 Å². The summed E-state index contributed by atoms with van der Waals surface area (Å²) in [6, 6.07) is 4.86. The number of ketones is 1. The lowest BCUT2D eigenvalue weighted by atomic mass is 9.87. The minimum atomic E-state index is -0.933. The van der Waals surface area contributed by atoms with Crippen LogP contribution < -0.4 is 32.7 Å². The van der Waals surface area contributed by atoms with E-state index in [1.165, 1.54) is 28.9 Å². The normalized spacial score (nSPS) is 22.0. The molecule has 3 fully saturated rings. The quantitative estimate of drug-likeness (QED) is 0.0161. The van der Waals surface area contributed by atoms with Crippen molar-refractivity contribution in [1.82, 2.24) is 25.8 Å². The zero-order valence-electron chi connectivity index (χ0n) is 57.2. The van der Waals surface area contributed by atoms with Gasteiger partial charge in [0.25, 0.3) is 0 Å². The van der Waals surface area contributed by atoms with Gasteiger partial charge < -0.3 is 99.7 Å². The molecular weight excluding hydrogens is 1240 g/mol. The third kappa shape index (κ3) is 32.4. The molecule has 11 atom stereocenters. The van der Waals surface area contributed by atoms with Gasteiger partial charge in [0.2, 0.25) is 23.6 Å². The van der Waals surface area contributed by atoms with E-state index in [1.807, 2.05) is 19.9 Å². The van der Waals surface area contributed by atoms with Crippen LogP contribution in [0, 0.1) is 17.8 Å². The van der Waals surface area contributed by atoms with E-state index in [2.05, 4.69) is 34.3 Å². The number of amides is 7. The van der Waals surface area contributed by atoms with Gasteiger partial charge in [-0.25, -0.2) is 9.59 Å². The zero-order chi connectivity index (χ0) is 69.7. The third-order valence-corrected chi connectivity index (χ3v) is 16.2. The molecule has 3 saturated heterocycles. The number of carbonyl (C=O) groups excluding carboxylic acids is 8. The minimum Gasteiger partial charge on any atom is -0.459 e. The van der Waals surface area contributed by atoms with Crippen LogP contribution in [0.15, 0.2) is 60.2 Å². The predicted molar refractivity (Wildman–Crippen MR) is 351 cm³/mol. The molecule has 1 spiro atoms. The first-order valence-corrected chi connectivity index (χ1v) is 33.1. The molecule has 0 unspecified atom stereocenters. The summed E-state index contributed by atoms with van der Waals surface area (Å²) in [5.74, 6) is -3.06. The van der Waals surface area contributed by atoms with Crippen LogP contribution in [-0.2, 0) is 87.5 Å². The van der Waals surface area contributed by atoms with Gasteiger partial charge in [0.15, 0.2) is 5.78 Å². The maximum Gasteiger partial charge on any atom is 0.409 e. The Labute approximate surface area is 559 Å². The van der Waals surface area contributed by atoms with Gasteiger partial charge in [0, 0.05) is 84.1 Å². The van der Waals surface area contributed by atoms with Crippen molar-refractivity contribution >= 4 is 53.2 Å². The number of urea groups is 1. The SMILES string of the molecule is CC(=O)O[C@@H](C)/C=C\C(=O)N[C@@H]1C[C@H](C)[C@H](C/C=C(C)/C=C/[C@H]2O[C@H](CC(=O)N(C)CCN(C)C(=O)OCc3ccc(NC(=O)[C@H](CCCNC(N)=O)CC(=O)[C@@H](NC(=O)CCOCCOCCOCCOCCOCCOCCN)C(C)C)cc3)C[C@@]3(CO3)[C@@H]2O)O[C@@H]1C. The Morgan fingerprint density at radius 1 is 0.811 bits per heavy atom. The smallest absolute Gasteiger partial charge is 0.409 e. The van der Waals surface area contributed by atoms with Gasteiger partial charge in [-0.15, -0.1) is 0 Å². The van der Waals surface area contributed by atoms with Crippen LogP contribution >= 0.6 is 0 Å². The molecule has 0 bridgehead atoms. The highest BCUT2D eigenvalue weighted by atomic mass is 16.6. The summed E-state index contributed by atoms with van der Waals surface area (Å²) in [6.45, 7) is 18.5. The molecule has 4 rings (SSSR count). The van der Waals surface area contributed by atoms with Crippen molar-refractivity contribution in [2.24, 2.45) is 29.2 Å². The van der Waals surface area contributed by atoms with Crippen molar-refractivity contribution in [3.05, 3.63) is 65.8 Å². The number of aliphatic hydroxyl groups is 1. The van der Waals surface area contributed by atoms with Crippen molar-refractivity contribution < 1.29 is 95.6 Å². The standard InChI is InChI=1S/C67H108N8O20/c1-45(2)62(73-60(79)22-27-85-29-31-87-33-35-89-37-38-90-36-34-88-32-30-86-28-23-68)56(77)40-52(11-10-24-70-65(69)83)64(82)71-53-17-15-51(16-18-53)43-91-66(84)75(9)26-25-74(8)61(80)41-54-42-67(44-92-67)63(81)58(95-54)20-13-46(3)12-19-57-47(4)39-55(49(6)94-57)72-59(78)21-14-48(5)93-50(7)76/h12-18,20-21,45,47-49,52,54-55,57-58,62-63,81H,10-11,19,22-44,68H2,1-9H3,(H,71,82)(H,72,78)(H,73,79)(H3,69,70,83)/b20-13+,21-14-,46-12+/t47-,48-,49+,52+,54+,55+,57-,58+,62-,63+,67+/m0/s1. The maximum atomic E-state index is 13.8. The van der Waals surface area contributed by atoms with Gasteiger partial charge in [-0.3, -0.25) is 28.8 Å². The number of ether oxygens (including phenoxy) is 11. The van der Waals surface area contributed by atoms with Crippen LogP contribution in [0.5, 0.6) is 0 Å². The van der Waals surface area contributed by atoms with E-state index >= 15 is 0 Å². The molecule has 536 valence electrons. The number of aliphatic hydroxyl groups excluding tert-OH is 1. The number of primary amides is 1. The third-order valence-electron chi connectivity index (χ3n) is 16.2. The Hall–Kier alpha value is -6.44. The Balaban J connectivity index is 1.15. The van der Waals surface area contributed by atoms with E-state index in [4.69, 9.17) is 63.6 Å². The average molecular weight is 1350 g/mol. The number of esters is 1. The number of hydrogen-bond donors (Lipinski definition) is 7. The van der Waals surface area contributed by atoms with Gasteiger partial charge >= 0.3 is 18.1 Å². The number of rotatable bonds is 46. The first kappa shape index (κ1) is 81.0. The van der Waals surface area contributed by atoms with Gasteiger partial charge in [0.05, 0.1) is 123 Å². The lowest BCUT2D eigenvalue weighted by molar-refractivity contribution is -0.150. The van der Waals surface area contributed by atoms with Crippen molar-refractivity contribution in [2.75, 3.05) is 131 Å². The Bertz CT molecular complexity index is 2610. The van der Waals surface area contributed by atoms with Crippen molar-refractivity contribution in [3.63, 3.8) is 0 Å². The van der Waals surface area contributed by atoms with Crippen molar-refractivity contribution in [3.8, 4) is 0 Å². The number of nitrogens with zero attached hydrogens (tertiary/aromatic N) is 2. The number of epoxide rings is 1. The molecule has 1 aromatic carbocycles. The molecule has 0 saturated carbocycles. The second kappa shape index (κ2) is 44.4. The number of nitrogens with two attached hydrogens (primary N) is 2. The monoisotopic (exact) mass is 1340 g/mol. The summed E-state index contributed by atoms with van der Waals surface area (Å²) in [5, 5.41) is 22.5. The Morgan fingerprint density at radius 2 is 1.41 bits per heavy atom. The summed E-state index contributed by atoms with van der Waals surface area (Å²) in [7, 11) is 3.20. The van der Waals surface area contributed by atoms with E-state index in [0.717, 1.165) is 5.57 Å². The van der Waals surface area contributed by atoms with Crippen LogP contribution in [-0.4, -0.2) is 243 Å². The van der Waals surface area contributed by atoms with Crippen molar-refractivity contribution in [2.45, 2.75) is 161 Å². The summed E-state index contributed by atoms with van der Waals surface area (Å²) in [6.07, 6.45) is 7.07. The number of benzene rings is 1. The molecule has 28 nitrogen and oxygen atoms in total. The lowest BCUT2D eigenvalue weighted by Gasteiger charge is -2.39. The van der Waals surface area contributed by atoms with E-state index in [9.17, 15) is 43.5 Å². The van der Waals surface area contributed by atoms with Crippen LogP contribution in [0.25, 0.3) is 0 Å². The maximum absolute atomic E-state index is 13.8. The molecular formula is C67H108N8O20. The Kier molecular flexibility index (Phi) is 37.9. The number of nitrogens with one attached hydrogen (secondary N) is 4. The number of likely N-dealkylation sites (N-methyl/N-ethyl adjacent to an activating group) is 2. The molecule has 7 amide bonds. The van der Waals surface area contributed by atoms with E-state index in [-0.39, 0.29) is 119 Å². The molecule has 9 N–H and O–H groups in total. The number of Topliss-reactive ketones (excluding diaryl/α,β-unsaturated/α-hetero) is 1. The van der Waals surface area contributed by atoms with Gasteiger partial charge in [-0.05, 0) is 82.1 Å². The fraction of sp³-hybridized carbons (Fsp3) is 0.701. The first-order valence-electron chi connectivity index (χ1n) is 33.1. The van der Waals surface area contributed by atoms with E-state index in [1.54, 1.807) is 65.2 Å². The lowest BCUT2D eigenvalue weighted by Crippen LogP contribution is -2.51. The fourth-order valence-electron chi connectivity index (χ4n) is 10.5. The predicted octanol–water partition coefficient (Wildman–Crippen LogP) is 3.64. The van der Waals surface area contributed by atoms with Crippen LogP contribution in [0.1, 0.15) is 105 Å². The topological polar surface area (TPSA) is 368 Å². The Morgan fingerprint density at radius 3 is 1.99 bits per heavy atom. The van der Waals surface area contributed by atoms with Gasteiger partial charge in [0.1, 0.15) is 30.5 Å². The molecule has 28 heteroatoms.